The fraction of sp³-hybridized carbons (Fsp3) is 0. The predicted molar refractivity (Wildman–Crippen MR) is 48.9 cm³/mol. The lowest BCUT2D eigenvalue weighted by atomic mass is 10.3. The largest absolute Gasteiger partial charge is 0.476 e. The van der Waals surface area contributed by atoms with Crippen molar-refractivity contribution in [1.29, 1.82) is 0 Å². The summed E-state index contributed by atoms with van der Waals surface area (Å²) in [6.45, 7) is 0. The Balaban J connectivity index is 2.52. The maximum atomic E-state index is 10.7. The summed E-state index contributed by atoms with van der Waals surface area (Å²) in [6, 6.07) is 3.72. The minimum Gasteiger partial charge on any atom is -0.476 e. The van der Waals surface area contributed by atoms with Crippen LogP contribution in [-0.2, 0) is 0 Å². The highest BCUT2D eigenvalue weighted by Crippen LogP contribution is 2.24. The van der Waals surface area contributed by atoms with E-state index in [2.05, 4.69) is 9.97 Å². The third-order valence-corrected chi connectivity index (χ3v) is 2.50. The Morgan fingerprint density at radius 3 is 3.08 bits per heavy atom. The minimum atomic E-state index is -1.01. The highest BCUT2D eigenvalue weighted by molar-refractivity contribution is 7.13. The Morgan fingerprint density at radius 2 is 2.46 bits per heavy atom. The maximum absolute atomic E-state index is 10.7. The highest BCUT2D eigenvalue weighted by Gasteiger charge is 2.14. The van der Waals surface area contributed by atoms with Gasteiger partial charge in [-0.15, -0.1) is 11.3 Å². The number of aromatic carboxylic acids is 1. The zero-order chi connectivity index (χ0) is 9.26. The second-order valence-corrected chi connectivity index (χ2v) is 3.36. The van der Waals surface area contributed by atoms with Gasteiger partial charge >= 0.3 is 5.97 Å². The van der Waals surface area contributed by atoms with E-state index < -0.39 is 5.97 Å². The van der Waals surface area contributed by atoms with E-state index in [0.29, 0.717) is 5.69 Å². The van der Waals surface area contributed by atoms with Crippen molar-refractivity contribution in [2.75, 3.05) is 0 Å². The molecule has 0 aromatic carbocycles. The maximum Gasteiger partial charge on any atom is 0.356 e. The molecule has 2 N–H and O–H groups in total. The molecule has 2 aromatic heterocycles. The van der Waals surface area contributed by atoms with Gasteiger partial charge in [-0.05, 0) is 11.4 Å². The average molecular weight is 194 g/mol. The summed E-state index contributed by atoms with van der Waals surface area (Å²) in [5.41, 5.74) is 0.643. The van der Waals surface area contributed by atoms with Gasteiger partial charge in [-0.25, -0.2) is 9.78 Å². The average Bonchev–Trinajstić information content (AvgIpc) is 2.74. The van der Waals surface area contributed by atoms with E-state index in [0.717, 1.165) is 4.88 Å². The zero-order valence-corrected chi connectivity index (χ0v) is 7.34. The molecule has 0 saturated heterocycles. The van der Waals surface area contributed by atoms with Crippen LogP contribution in [-0.4, -0.2) is 21.0 Å². The fourth-order valence-corrected chi connectivity index (χ4v) is 1.80. The first-order valence-electron chi connectivity index (χ1n) is 3.59. The summed E-state index contributed by atoms with van der Waals surface area (Å²) in [7, 11) is 0. The number of aromatic amines is 1. The Morgan fingerprint density at radius 1 is 1.62 bits per heavy atom. The van der Waals surface area contributed by atoms with Gasteiger partial charge in [-0.2, -0.15) is 0 Å². The molecule has 0 atom stereocenters. The van der Waals surface area contributed by atoms with Gasteiger partial charge in [0.1, 0.15) is 0 Å². The molecular weight excluding hydrogens is 188 g/mol. The van der Waals surface area contributed by atoms with E-state index in [1.807, 2.05) is 17.5 Å². The number of hydrogen-bond donors (Lipinski definition) is 2. The summed E-state index contributed by atoms with van der Waals surface area (Å²) in [5.74, 6) is -1.01. The summed E-state index contributed by atoms with van der Waals surface area (Å²) in [4.78, 5) is 18.1. The second-order valence-electron chi connectivity index (χ2n) is 2.41. The van der Waals surface area contributed by atoms with Crippen LogP contribution in [0.1, 0.15) is 10.5 Å². The van der Waals surface area contributed by atoms with Crippen LogP contribution in [0.4, 0.5) is 0 Å². The number of carbonyl (C=O) groups is 1. The lowest BCUT2D eigenvalue weighted by Crippen LogP contribution is -1.98. The van der Waals surface area contributed by atoms with E-state index in [4.69, 9.17) is 5.11 Å². The van der Waals surface area contributed by atoms with Crippen LogP contribution in [0, 0.1) is 0 Å². The van der Waals surface area contributed by atoms with Gasteiger partial charge < -0.3 is 10.1 Å². The Kier molecular flexibility index (Phi) is 1.86. The number of H-pyrrole nitrogens is 1. The van der Waals surface area contributed by atoms with E-state index in [-0.39, 0.29) is 5.69 Å². The van der Waals surface area contributed by atoms with Crippen molar-refractivity contribution in [2.45, 2.75) is 0 Å². The van der Waals surface area contributed by atoms with Crippen LogP contribution in [0.25, 0.3) is 10.6 Å². The Hall–Kier alpha value is -1.62. The topological polar surface area (TPSA) is 66.0 Å². The number of hydrogen-bond acceptors (Lipinski definition) is 3. The number of carboxylic acids is 1. The van der Waals surface area contributed by atoms with Gasteiger partial charge in [0.05, 0.1) is 16.9 Å². The number of nitrogens with zero attached hydrogens (tertiary/aromatic N) is 1. The molecule has 0 spiro atoms. The van der Waals surface area contributed by atoms with Crippen LogP contribution in [0.5, 0.6) is 0 Å². The minimum absolute atomic E-state index is 0.0717. The molecule has 0 aliphatic carbocycles. The van der Waals surface area contributed by atoms with Crippen molar-refractivity contribution in [3.8, 4) is 10.6 Å². The Labute approximate surface area is 77.9 Å². The summed E-state index contributed by atoms with van der Waals surface area (Å²) in [5, 5.41) is 10.7. The molecule has 0 amide bonds. The van der Waals surface area contributed by atoms with Crippen molar-refractivity contribution in [2.24, 2.45) is 0 Å². The molecule has 4 nitrogen and oxygen atoms in total. The van der Waals surface area contributed by atoms with Gasteiger partial charge in [0, 0.05) is 0 Å². The third kappa shape index (κ3) is 1.33. The van der Waals surface area contributed by atoms with Gasteiger partial charge in [-0.1, -0.05) is 6.07 Å². The number of aromatic nitrogens is 2. The van der Waals surface area contributed by atoms with Crippen molar-refractivity contribution in [3.63, 3.8) is 0 Å². The molecule has 2 aromatic rings. The quantitative estimate of drug-likeness (QED) is 0.766. The number of carboxylic acid groups (broad SMARTS) is 1. The summed E-state index contributed by atoms with van der Waals surface area (Å²) >= 11 is 1.48. The summed E-state index contributed by atoms with van der Waals surface area (Å²) < 4.78 is 0. The third-order valence-electron chi connectivity index (χ3n) is 1.61. The molecule has 2 rings (SSSR count). The summed E-state index contributed by atoms with van der Waals surface area (Å²) in [6.07, 6.45) is 1.39. The van der Waals surface area contributed by atoms with Gasteiger partial charge in [-0.3, -0.25) is 0 Å². The first kappa shape index (κ1) is 8.00. The van der Waals surface area contributed by atoms with E-state index in [9.17, 15) is 4.79 Å². The lowest BCUT2D eigenvalue weighted by molar-refractivity contribution is 0.0692. The highest BCUT2D eigenvalue weighted by atomic mass is 32.1. The molecule has 0 aliphatic heterocycles. The Bertz CT molecular complexity index is 419. The lowest BCUT2D eigenvalue weighted by Gasteiger charge is -1.93. The zero-order valence-electron chi connectivity index (χ0n) is 6.52. The SMILES string of the molecule is O=C(O)c1nc[nH]c1-c1cccs1. The van der Waals surface area contributed by atoms with E-state index in [1.165, 1.54) is 17.7 Å². The second kappa shape index (κ2) is 3.02. The van der Waals surface area contributed by atoms with Crippen LogP contribution >= 0.6 is 11.3 Å². The molecular formula is C8H6N2O2S. The van der Waals surface area contributed by atoms with Crippen LogP contribution in [0.15, 0.2) is 23.8 Å². The normalized spacial score (nSPS) is 10.2. The predicted octanol–water partition coefficient (Wildman–Crippen LogP) is 1.84. The molecule has 2 heterocycles. The van der Waals surface area contributed by atoms with Gasteiger partial charge in [0.2, 0.25) is 0 Å². The van der Waals surface area contributed by atoms with E-state index >= 15 is 0 Å². The smallest absolute Gasteiger partial charge is 0.356 e. The van der Waals surface area contributed by atoms with Gasteiger partial charge in [0.15, 0.2) is 5.69 Å². The van der Waals surface area contributed by atoms with Crippen molar-refractivity contribution in [1.82, 2.24) is 9.97 Å². The molecule has 0 radical (unpaired) electrons. The van der Waals surface area contributed by atoms with Crippen LogP contribution in [0.3, 0.4) is 0 Å². The number of rotatable bonds is 2. The molecule has 5 heteroatoms. The standard InChI is InChI=1S/C8H6N2O2S/c11-8(12)7-6(9-4-10-7)5-2-1-3-13-5/h1-4H,(H,9,10)(H,11,12). The molecule has 13 heavy (non-hydrogen) atoms. The molecule has 66 valence electrons. The first-order chi connectivity index (χ1) is 6.29. The van der Waals surface area contributed by atoms with Crippen molar-refractivity contribution >= 4 is 17.3 Å². The van der Waals surface area contributed by atoms with Gasteiger partial charge in [0.25, 0.3) is 0 Å². The molecule has 0 bridgehead atoms. The number of imidazole rings is 1. The van der Waals surface area contributed by atoms with Crippen LogP contribution < -0.4 is 0 Å². The molecule has 0 fully saturated rings. The van der Waals surface area contributed by atoms with Crippen LogP contribution in [0.2, 0.25) is 0 Å². The van der Waals surface area contributed by atoms with Crippen molar-refractivity contribution < 1.29 is 9.90 Å². The molecule has 0 saturated carbocycles. The number of thiophene rings is 1. The number of nitrogens with one attached hydrogen (secondary N) is 1. The van der Waals surface area contributed by atoms with E-state index in [1.54, 1.807) is 0 Å². The molecule has 0 aliphatic rings. The van der Waals surface area contributed by atoms with Crippen molar-refractivity contribution in [3.05, 3.63) is 29.5 Å². The monoisotopic (exact) mass is 194 g/mol. The molecule has 0 unspecified atom stereocenters. The fourth-order valence-electron chi connectivity index (χ4n) is 1.07. The first-order valence-corrected chi connectivity index (χ1v) is 4.47.